The lowest BCUT2D eigenvalue weighted by Crippen LogP contribution is -2.30. The summed E-state index contributed by atoms with van der Waals surface area (Å²) in [5.74, 6) is -0.0447. The van der Waals surface area contributed by atoms with Gasteiger partial charge in [0, 0.05) is 13.0 Å². The van der Waals surface area contributed by atoms with Gasteiger partial charge in [0.1, 0.15) is 5.82 Å². The first-order chi connectivity index (χ1) is 8.57. The predicted molar refractivity (Wildman–Crippen MR) is 66.8 cm³/mol. The Labute approximate surface area is 107 Å². The fourth-order valence-corrected chi connectivity index (χ4v) is 2.17. The van der Waals surface area contributed by atoms with E-state index in [9.17, 15) is 4.39 Å². The molecule has 1 aliphatic heterocycles. The quantitative estimate of drug-likeness (QED) is 0.819. The molecule has 4 nitrogen and oxygen atoms in total. The Kier molecular flexibility index (Phi) is 4.14. The number of ether oxygens (including phenoxy) is 2. The number of rotatable bonds is 5. The van der Waals surface area contributed by atoms with Crippen molar-refractivity contribution in [3.63, 3.8) is 0 Å². The van der Waals surface area contributed by atoms with Gasteiger partial charge in [-0.1, -0.05) is 13.0 Å². The fourth-order valence-electron chi connectivity index (χ4n) is 2.17. The van der Waals surface area contributed by atoms with Gasteiger partial charge in [0.25, 0.3) is 0 Å². The summed E-state index contributed by atoms with van der Waals surface area (Å²) in [4.78, 5) is 3.75. The Hall–Kier alpha value is -1.20. The molecule has 0 amide bonds. The molecule has 1 aromatic rings. The summed E-state index contributed by atoms with van der Waals surface area (Å²) in [6, 6.07) is 4.72. The molecule has 0 saturated carbocycles. The number of aromatic nitrogens is 1. The minimum Gasteiger partial charge on any atom is -0.370 e. The second kappa shape index (κ2) is 5.63. The molecule has 0 unspecified atom stereocenters. The maximum absolute atomic E-state index is 12.9. The van der Waals surface area contributed by atoms with Gasteiger partial charge in [-0.3, -0.25) is 0 Å². The van der Waals surface area contributed by atoms with Crippen molar-refractivity contribution in [3.05, 3.63) is 24.1 Å². The summed E-state index contributed by atoms with van der Waals surface area (Å²) < 4.78 is 24.0. The molecule has 1 atom stereocenters. The Balaban J connectivity index is 1.79. The topological polar surface area (TPSA) is 43.4 Å². The van der Waals surface area contributed by atoms with Gasteiger partial charge >= 0.3 is 0 Å². The first-order valence-electron chi connectivity index (χ1n) is 6.22. The highest BCUT2D eigenvalue weighted by molar-refractivity contribution is 5.33. The van der Waals surface area contributed by atoms with Crippen LogP contribution in [0.15, 0.2) is 18.2 Å². The second-order valence-electron chi connectivity index (χ2n) is 4.87. The van der Waals surface area contributed by atoms with Crippen LogP contribution in [0.4, 0.5) is 10.2 Å². The molecule has 2 rings (SSSR count). The van der Waals surface area contributed by atoms with Crippen molar-refractivity contribution in [1.82, 2.24) is 4.98 Å². The lowest BCUT2D eigenvalue weighted by molar-refractivity contribution is -0.153. The van der Waals surface area contributed by atoms with Gasteiger partial charge in [0.05, 0.1) is 13.2 Å². The van der Waals surface area contributed by atoms with Crippen LogP contribution < -0.4 is 5.32 Å². The van der Waals surface area contributed by atoms with Crippen molar-refractivity contribution in [3.8, 4) is 0 Å². The van der Waals surface area contributed by atoms with Crippen molar-refractivity contribution in [1.29, 1.82) is 0 Å². The molecule has 0 aliphatic carbocycles. The molecule has 1 aliphatic rings. The van der Waals surface area contributed by atoms with Gasteiger partial charge in [0.15, 0.2) is 5.79 Å². The van der Waals surface area contributed by atoms with Crippen LogP contribution in [-0.4, -0.2) is 30.5 Å². The Bertz CT molecular complexity index is 394. The average molecular weight is 254 g/mol. The van der Waals surface area contributed by atoms with E-state index in [1.165, 1.54) is 6.07 Å². The molecule has 2 heterocycles. The van der Waals surface area contributed by atoms with Gasteiger partial charge in [-0.05, 0) is 25.0 Å². The van der Waals surface area contributed by atoms with E-state index < -0.39 is 11.7 Å². The zero-order valence-corrected chi connectivity index (χ0v) is 10.8. The van der Waals surface area contributed by atoms with Crippen molar-refractivity contribution in [2.24, 2.45) is 5.92 Å². The molecule has 1 N–H and O–H groups in total. The first-order valence-corrected chi connectivity index (χ1v) is 6.22. The summed E-state index contributed by atoms with van der Waals surface area (Å²) in [5.41, 5.74) is 0. The summed E-state index contributed by atoms with van der Waals surface area (Å²) in [6.45, 7) is 6.07. The van der Waals surface area contributed by atoms with E-state index in [1.807, 2.05) is 6.92 Å². The van der Waals surface area contributed by atoms with Crippen LogP contribution in [-0.2, 0) is 9.47 Å². The maximum Gasteiger partial charge on any atom is 0.214 e. The van der Waals surface area contributed by atoms with Crippen LogP contribution >= 0.6 is 0 Å². The second-order valence-corrected chi connectivity index (χ2v) is 4.87. The third kappa shape index (κ3) is 3.65. The van der Waals surface area contributed by atoms with Crippen LogP contribution in [0, 0.1) is 11.9 Å². The summed E-state index contributed by atoms with van der Waals surface area (Å²) in [6.07, 6.45) is 0.801. The molecule has 0 aromatic carbocycles. The summed E-state index contributed by atoms with van der Waals surface area (Å²) in [7, 11) is 0. The standard InChI is InChI=1S/C13H19FN2O2/c1-10(8-13(2)17-6-7-18-13)9-15-12-5-3-4-11(14)16-12/h3-5,10H,6-9H2,1-2H3,(H,15,16)/t10-/m1/s1. The molecule has 1 aromatic heterocycles. The zero-order chi connectivity index (χ0) is 13.0. The van der Waals surface area contributed by atoms with E-state index in [0.717, 1.165) is 6.42 Å². The molecule has 100 valence electrons. The molecular weight excluding hydrogens is 235 g/mol. The van der Waals surface area contributed by atoms with Crippen LogP contribution in [0.3, 0.4) is 0 Å². The monoisotopic (exact) mass is 254 g/mol. The van der Waals surface area contributed by atoms with E-state index in [0.29, 0.717) is 31.5 Å². The highest BCUT2D eigenvalue weighted by Crippen LogP contribution is 2.26. The van der Waals surface area contributed by atoms with Crippen molar-refractivity contribution < 1.29 is 13.9 Å². The minimum atomic E-state index is -0.476. The van der Waals surface area contributed by atoms with Crippen molar-refractivity contribution in [2.75, 3.05) is 25.1 Å². The molecule has 0 radical (unpaired) electrons. The van der Waals surface area contributed by atoms with Crippen molar-refractivity contribution in [2.45, 2.75) is 26.1 Å². The predicted octanol–water partition coefficient (Wildman–Crippen LogP) is 2.42. The van der Waals surface area contributed by atoms with E-state index in [2.05, 4.69) is 17.2 Å². The van der Waals surface area contributed by atoms with E-state index in [4.69, 9.17) is 9.47 Å². The zero-order valence-electron chi connectivity index (χ0n) is 10.8. The molecule has 18 heavy (non-hydrogen) atoms. The maximum atomic E-state index is 12.9. The number of hydrogen-bond acceptors (Lipinski definition) is 4. The van der Waals surface area contributed by atoms with E-state index >= 15 is 0 Å². The van der Waals surface area contributed by atoms with Crippen molar-refractivity contribution >= 4 is 5.82 Å². The van der Waals surface area contributed by atoms with Gasteiger partial charge in [-0.2, -0.15) is 4.39 Å². The van der Waals surface area contributed by atoms with Crippen LogP contribution in [0.1, 0.15) is 20.3 Å². The molecular formula is C13H19FN2O2. The van der Waals surface area contributed by atoms with Crippen LogP contribution in [0.5, 0.6) is 0 Å². The molecule has 5 heteroatoms. The van der Waals surface area contributed by atoms with Gasteiger partial charge in [-0.25, -0.2) is 4.98 Å². The Morgan fingerprint density at radius 2 is 2.17 bits per heavy atom. The SMILES string of the molecule is C[C@@H](CNc1cccc(F)n1)CC1(C)OCCO1. The lowest BCUT2D eigenvalue weighted by Gasteiger charge is -2.26. The van der Waals surface area contributed by atoms with E-state index in [-0.39, 0.29) is 0 Å². The van der Waals surface area contributed by atoms with Gasteiger partial charge in [0.2, 0.25) is 5.95 Å². The van der Waals surface area contributed by atoms with Gasteiger partial charge < -0.3 is 14.8 Å². The van der Waals surface area contributed by atoms with Crippen LogP contribution in [0.2, 0.25) is 0 Å². The third-order valence-corrected chi connectivity index (χ3v) is 2.96. The number of hydrogen-bond donors (Lipinski definition) is 1. The van der Waals surface area contributed by atoms with Crippen LogP contribution in [0.25, 0.3) is 0 Å². The number of nitrogens with zero attached hydrogens (tertiary/aromatic N) is 1. The summed E-state index contributed by atoms with van der Waals surface area (Å²) in [5, 5.41) is 3.11. The molecule has 1 fully saturated rings. The largest absolute Gasteiger partial charge is 0.370 e. The van der Waals surface area contributed by atoms with E-state index in [1.54, 1.807) is 12.1 Å². The Morgan fingerprint density at radius 1 is 1.44 bits per heavy atom. The normalized spacial score (nSPS) is 19.7. The third-order valence-electron chi connectivity index (χ3n) is 2.96. The van der Waals surface area contributed by atoms with Gasteiger partial charge in [-0.15, -0.1) is 0 Å². The lowest BCUT2D eigenvalue weighted by atomic mass is 10.0. The fraction of sp³-hybridized carbons (Fsp3) is 0.615. The number of pyridine rings is 1. The summed E-state index contributed by atoms with van der Waals surface area (Å²) >= 11 is 0. The molecule has 0 spiro atoms. The highest BCUT2D eigenvalue weighted by Gasteiger charge is 2.32. The number of halogens is 1. The number of anilines is 1. The first kappa shape index (κ1) is 13.2. The number of nitrogens with one attached hydrogen (secondary N) is 1. The Morgan fingerprint density at radius 3 is 2.83 bits per heavy atom. The smallest absolute Gasteiger partial charge is 0.214 e. The average Bonchev–Trinajstić information content (AvgIpc) is 2.73. The molecule has 0 bridgehead atoms. The highest BCUT2D eigenvalue weighted by atomic mass is 19.1. The molecule has 1 saturated heterocycles. The minimum absolute atomic E-state index is 0.346.